The zero-order valence-corrected chi connectivity index (χ0v) is 6.72. The summed E-state index contributed by atoms with van der Waals surface area (Å²) in [6.07, 6.45) is 0. The summed E-state index contributed by atoms with van der Waals surface area (Å²) in [4.78, 5) is 0. The van der Waals surface area contributed by atoms with E-state index in [-0.39, 0.29) is 0 Å². The SMILES string of the molecule is CCNC(C)SCC. The molecule has 2 heteroatoms. The second kappa shape index (κ2) is 5.45. The van der Waals surface area contributed by atoms with Gasteiger partial charge in [0.05, 0.1) is 5.37 Å². The molecule has 1 atom stereocenters. The molecule has 0 rings (SSSR count). The fraction of sp³-hybridized carbons (Fsp3) is 1.00. The molecular weight excluding hydrogens is 118 g/mol. The van der Waals surface area contributed by atoms with Gasteiger partial charge < -0.3 is 5.32 Å². The van der Waals surface area contributed by atoms with Gasteiger partial charge in [-0.15, -0.1) is 11.8 Å². The van der Waals surface area contributed by atoms with E-state index in [9.17, 15) is 0 Å². The van der Waals surface area contributed by atoms with E-state index >= 15 is 0 Å². The minimum absolute atomic E-state index is 0.630. The van der Waals surface area contributed by atoms with Crippen LogP contribution in [0.4, 0.5) is 0 Å². The topological polar surface area (TPSA) is 12.0 Å². The van der Waals surface area contributed by atoms with Crippen LogP contribution in [0.1, 0.15) is 20.8 Å². The quantitative estimate of drug-likeness (QED) is 0.586. The van der Waals surface area contributed by atoms with Crippen LogP contribution in [0.25, 0.3) is 0 Å². The second-order valence-corrected chi connectivity index (χ2v) is 3.27. The van der Waals surface area contributed by atoms with Crippen molar-refractivity contribution in [2.75, 3.05) is 12.3 Å². The van der Waals surface area contributed by atoms with Gasteiger partial charge in [0.2, 0.25) is 0 Å². The van der Waals surface area contributed by atoms with Gasteiger partial charge in [-0.25, -0.2) is 0 Å². The molecule has 0 amide bonds. The molecule has 8 heavy (non-hydrogen) atoms. The van der Waals surface area contributed by atoms with Crippen molar-refractivity contribution in [2.24, 2.45) is 0 Å². The summed E-state index contributed by atoms with van der Waals surface area (Å²) < 4.78 is 0. The molecule has 0 aromatic rings. The van der Waals surface area contributed by atoms with E-state index in [1.807, 2.05) is 11.8 Å². The number of nitrogens with one attached hydrogen (secondary N) is 1. The van der Waals surface area contributed by atoms with E-state index in [0.29, 0.717) is 5.37 Å². The van der Waals surface area contributed by atoms with Gasteiger partial charge in [-0.1, -0.05) is 13.8 Å². The van der Waals surface area contributed by atoms with Crippen LogP contribution in [0.5, 0.6) is 0 Å². The second-order valence-electron chi connectivity index (χ2n) is 1.66. The lowest BCUT2D eigenvalue weighted by molar-refractivity contribution is 0.720. The largest absolute Gasteiger partial charge is 0.306 e. The molecule has 0 aliphatic rings. The van der Waals surface area contributed by atoms with Crippen molar-refractivity contribution < 1.29 is 0 Å². The van der Waals surface area contributed by atoms with Gasteiger partial charge in [-0.05, 0) is 19.2 Å². The lowest BCUT2D eigenvalue weighted by atomic mass is 10.7. The molecule has 50 valence electrons. The lowest BCUT2D eigenvalue weighted by Crippen LogP contribution is -2.22. The molecule has 0 aromatic carbocycles. The van der Waals surface area contributed by atoms with Gasteiger partial charge in [0.1, 0.15) is 0 Å². The van der Waals surface area contributed by atoms with Gasteiger partial charge in [0.25, 0.3) is 0 Å². The molecule has 0 saturated heterocycles. The maximum Gasteiger partial charge on any atom is 0.0503 e. The van der Waals surface area contributed by atoms with Crippen LogP contribution < -0.4 is 5.32 Å². The number of hydrogen-bond acceptors (Lipinski definition) is 2. The van der Waals surface area contributed by atoms with Crippen molar-refractivity contribution in [3.8, 4) is 0 Å². The summed E-state index contributed by atoms with van der Waals surface area (Å²) in [5.41, 5.74) is 0. The van der Waals surface area contributed by atoms with Crippen LogP contribution in [-0.4, -0.2) is 17.7 Å². The van der Waals surface area contributed by atoms with Gasteiger partial charge >= 0.3 is 0 Å². The summed E-state index contributed by atoms with van der Waals surface area (Å²) in [6, 6.07) is 0. The Kier molecular flexibility index (Phi) is 5.66. The summed E-state index contributed by atoms with van der Waals surface area (Å²) in [7, 11) is 0. The zero-order valence-electron chi connectivity index (χ0n) is 5.90. The van der Waals surface area contributed by atoms with Crippen LogP contribution >= 0.6 is 11.8 Å². The maximum absolute atomic E-state index is 3.31. The van der Waals surface area contributed by atoms with Gasteiger partial charge in [0, 0.05) is 0 Å². The Balaban J connectivity index is 2.92. The molecule has 1 unspecified atom stereocenters. The van der Waals surface area contributed by atoms with Crippen LogP contribution in [0.15, 0.2) is 0 Å². The molecule has 0 saturated carbocycles. The van der Waals surface area contributed by atoms with Crippen LogP contribution in [0, 0.1) is 0 Å². The fourth-order valence-corrected chi connectivity index (χ4v) is 1.38. The third-order valence-electron chi connectivity index (χ3n) is 0.908. The molecule has 0 bridgehead atoms. The Bertz CT molecular complexity index is 41.8. The van der Waals surface area contributed by atoms with Crippen LogP contribution in [0.3, 0.4) is 0 Å². The van der Waals surface area contributed by atoms with E-state index in [1.165, 1.54) is 5.75 Å². The minimum Gasteiger partial charge on any atom is -0.306 e. The predicted molar refractivity (Wildman–Crippen MR) is 41.3 cm³/mol. The predicted octanol–water partition coefficient (Wildman–Crippen LogP) is 1.70. The standard InChI is InChI=1S/C6H15NS/c1-4-7-6(3)8-5-2/h6-7H,4-5H2,1-3H3. The van der Waals surface area contributed by atoms with Crippen molar-refractivity contribution in [1.82, 2.24) is 5.32 Å². The van der Waals surface area contributed by atoms with E-state index in [2.05, 4.69) is 26.1 Å². The Labute approximate surface area is 56.2 Å². The third-order valence-corrected chi connectivity index (χ3v) is 1.91. The van der Waals surface area contributed by atoms with Gasteiger partial charge in [0.15, 0.2) is 0 Å². The highest BCUT2D eigenvalue weighted by molar-refractivity contribution is 7.99. The van der Waals surface area contributed by atoms with E-state index in [0.717, 1.165) is 6.54 Å². The molecule has 0 aliphatic carbocycles. The average molecular weight is 133 g/mol. The Morgan fingerprint density at radius 2 is 2.12 bits per heavy atom. The highest BCUT2D eigenvalue weighted by atomic mass is 32.2. The van der Waals surface area contributed by atoms with E-state index in [4.69, 9.17) is 0 Å². The van der Waals surface area contributed by atoms with Crippen molar-refractivity contribution >= 4 is 11.8 Å². The first-order chi connectivity index (χ1) is 3.81. The Morgan fingerprint density at radius 1 is 1.50 bits per heavy atom. The van der Waals surface area contributed by atoms with Crippen molar-refractivity contribution in [3.63, 3.8) is 0 Å². The molecule has 0 spiro atoms. The monoisotopic (exact) mass is 133 g/mol. The first kappa shape index (κ1) is 8.31. The highest BCUT2D eigenvalue weighted by Crippen LogP contribution is 2.04. The normalized spacial score (nSPS) is 13.9. The van der Waals surface area contributed by atoms with E-state index in [1.54, 1.807) is 0 Å². The van der Waals surface area contributed by atoms with Crippen molar-refractivity contribution in [2.45, 2.75) is 26.1 Å². The maximum atomic E-state index is 3.31. The third kappa shape index (κ3) is 4.47. The Hall–Kier alpha value is 0.310. The molecule has 1 nitrogen and oxygen atoms in total. The molecule has 1 N–H and O–H groups in total. The number of rotatable bonds is 4. The van der Waals surface area contributed by atoms with Crippen molar-refractivity contribution in [3.05, 3.63) is 0 Å². The highest BCUT2D eigenvalue weighted by Gasteiger charge is 1.94. The average Bonchev–Trinajstić information content (AvgIpc) is 1.68. The fourth-order valence-electron chi connectivity index (χ4n) is 0.596. The van der Waals surface area contributed by atoms with Crippen molar-refractivity contribution in [1.29, 1.82) is 0 Å². The first-order valence-corrected chi connectivity index (χ1v) is 4.21. The minimum atomic E-state index is 0.630. The van der Waals surface area contributed by atoms with E-state index < -0.39 is 0 Å². The smallest absolute Gasteiger partial charge is 0.0503 e. The number of hydrogen-bond donors (Lipinski definition) is 1. The Morgan fingerprint density at radius 3 is 2.50 bits per heavy atom. The molecule has 0 aliphatic heterocycles. The molecule has 0 radical (unpaired) electrons. The summed E-state index contributed by atoms with van der Waals surface area (Å²) in [5, 5.41) is 3.94. The number of thioether (sulfide) groups is 1. The van der Waals surface area contributed by atoms with Gasteiger partial charge in [-0.2, -0.15) is 0 Å². The lowest BCUT2D eigenvalue weighted by Gasteiger charge is -2.08. The summed E-state index contributed by atoms with van der Waals surface area (Å²) in [5.74, 6) is 1.20. The van der Waals surface area contributed by atoms with Crippen LogP contribution in [0.2, 0.25) is 0 Å². The molecule has 0 aromatic heterocycles. The molecule has 0 fully saturated rings. The van der Waals surface area contributed by atoms with Gasteiger partial charge in [-0.3, -0.25) is 0 Å². The zero-order chi connectivity index (χ0) is 6.41. The summed E-state index contributed by atoms with van der Waals surface area (Å²) >= 11 is 1.94. The molecular formula is C6H15NS. The van der Waals surface area contributed by atoms with Crippen LogP contribution in [-0.2, 0) is 0 Å². The molecule has 0 heterocycles. The summed E-state index contributed by atoms with van der Waals surface area (Å²) in [6.45, 7) is 7.58. The first-order valence-electron chi connectivity index (χ1n) is 3.16.